The molecule has 0 bridgehead atoms. The van der Waals surface area contributed by atoms with Crippen molar-refractivity contribution >= 4 is 28.7 Å². The fraction of sp³-hybridized carbons (Fsp3) is 0.0952. The SMILES string of the molecule is COc1ccc(/C=C/C(=O)OC/C(O)=C(\C#N)c2nc3ccccc3[nH]2)cc1. The highest BCUT2D eigenvalue weighted by molar-refractivity contribution is 5.87. The van der Waals surface area contributed by atoms with Crippen LogP contribution in [0.15, 0.2) is 60.4 Å². The Morgan fingerprint density at radius 3 is 2.68 bits per heavy atom. The van der Waals surface area contributed by atoms with E-state index in [0.29, 0.717) is 11.3 Å². The fourth-order valence-electron chi connectivity index (χ4n) is 2.46. The number of ether oxygens (including phenoxy) is 2. The Hall–Kier alpha value is -4.05. The van der Waals surface area contributed by atoms with Gasteiger partial charge in [-0.25, -0.2) is 9.78 Å². The number of aromatic nitrogens is 2. The number of nitrogens with zero attached hydrogens (tertiary/aromatic N) is 2. The van der Waals surface area contributed by atoms with Crippen LogP contribution in [0.3, 0.4) is 0 Å². The topological polar surface area (TPSA) is 108 Å². The Morgan fingerprint density at radius 2 is 2.00 bits per heavy atom. The van der Waals surface area contributed by atoms with Gasteiger partial charge in [-0.15, -0.1) is 0 Å². The molecule has 7 nitrogen and oxygen atoms in total. The molecular formula is C21H17N3O4. The Bertz CT molecular complexity index is 1060. The van der Waals surface area contributed by atoms with Gasteiger partial charge >= 0.3 is 5.97 Å². The Kier molecular flexibility index (Phi) is 5.72. The van der Waals surface area contributed by atoms with Crippen molar-refractivity contribution in [1.29, 1.82) is 5.26 Å². The van der Waals surface area contributed by atoms with E-state index in [-0.39, 0.29) is 17.2 Å². The van der Waals surface area contributed by atoms with Crippen molar-refractivity contribution in [3.63, 3.8) is 0 Å². The summed E-state index contributed by atoms with van der Waals surface area (Å²) >= 11 is 0. The zero-order valence-electron chi connectivity index (χ0n) is 15.0. The standard InChI is InChI=1S/C21H17N3O4/c1-27-15-9-6-14(7-10-15)8-11-20(26)28-13-19(25)16(12-22)21-23-17-4-2-3-5-18(17)24-21/h2-11,25H,13H2,1H3,(H,23,24)/b11-8+,19-16-. The van der Waals surface area contributed by atoms with Gasteiger partial charge in [0.25, 0.3) is 0 Å². The number of aliphatic hydroxyl groups is 1. The molecule has 0 unspecified atom stereocenters. The van der Waals surface area contributed by atoms with E-state index < -0.39 is 12.6 Å². The van der Waals surface area contributed by atoms with Crippen LogP contribution in [0.25, 0.3) is 22.7 Å². The van der Waals surface area contributed by atoms with Crippen molar-refractivity contribution in [1.82, 2.24) is 9.97 Å². The quantitative estimate of drug-likeness (QED) is 0.295. The van der Waals surface area contributed by atoms with Gasteiger partial charge < -0.3 is 19.6 Å². The Morgan fingerprint density at radius 1 is 1.25 bits per heavy atom. The molecule has 0 aliphatic carbocycles. The summed E-state index contributed by atoms with van der Waals surface area (Å²) in [5.41, 5.74) is 2.11. The molecular weight excluding hydrogens is 358 g/mol. The molecule has 2 aromatic carbocycles. The molecule has 3 rings (SSSR count). The molecule has 0 aliphatic heterocycles. The minimum absolute atomic E-state index is 0.0804. The second kappa shape index (κ2) is 8.56. The first-order valence-electron chi connectivity index (χ1n) is 8.37. The molecule has 0 aliphatic rings. The molecule has 3 aromatic rings. The normalized spacial score (nSPS) is 11.9. The number of esters is 1. The number of methoxy groups -OCH3 is 1. The van der Waals surface area contributed by atoms with Crippen LogP contribution >= 0.6 is 0 Å². The van der Waals surface area contributed by atoms with Crippen molar-refractivity contribution in [2.45, 2.75) is 0 Å². The monoisotopic (exact) mass is 375 g/mol. The largest absolute Gasteiger partial charge is 0.507 e. The summed E-state index contributed by atoms with van der Waals surface area (Å²) in [5, 5.41) is 19.5. The van der Waals surface area contributed by atoms with Gasteiger partial charge in [-0.2, -0.15) is 5.26 Å². The number of aromatic amines is 1. The summed E-state index contributed by atoms with van der Waals surface area (Å²) in [5.74, 6) is -0.104. The van der Waals surface area contributed by atoms with Crippen LogP contribution < -0.4 is 4.74 Å². The maximum absolute atomic E-state index is 11.9. The maximum Gasteiger partial charge on any atom is 0.331 e. The summed E-state index contributed by atoms with van der Waals surface area (Å²) < 4.78 is 10.1. The summed E-state index contributed by atoms with van der Waals surface area (Å²) in [6, 6.07) is 16.2. The van der Waals surface area contributed by atoms with Crippen LogP contribution in [0.5, 0.6) is 5.75 Å². The molecule has 0 saturated heterocycles. The van der Waals surface area contributed by atoms with E-state index in [1.165, 1.54) is 6.08 Å². The van der Waals surface area contributed by atoms with Gasteiger partial charge in [0.2, 0.25) is 0 Å². The molecule has 0 saturated carbocycles. The number of carbonyl (C=O) groups excluding carboxylic acids is 1. The lowest BCUT2D eigenvalue weighted by molar-refractivity contribution is -0.137. The third-order valence-electron chi connectivity index (χ3n) is 3.91. The van der Waals surface area contributed by atoms with E-state index in [1.54, 1.807) is 43.5 Å². The van der Waals surface area contributed by atoms with Crippen LogP contribution in [-0.4, -0.2) is 34.8 Å². The third-order valence-corrected chi connectivity index (χ3v) is 3.91. The van der Waals surface area contributed by atoms with Crippen molar-refractivity contribution < 1.29 is 19.4 Å². The zero-order chi connectivity index (χ0) is 19.9. The highest BCUT2D eigenvalue weighted by Crippen LogP contribution is 2.19. The average molecular weight is 375 g/mol. The predicted octanol–water partition coefficient (Wildman–Crippen LogP) is 3.62. The summed E-state index contributed by atoms with van der Waals surface area (Å²) in [4.78, 5) is 19.1. The van der Waals surface area contributed by atoms with Crippen molar-refractivity contribution in [3.8, 4) is 11.8 Å². The lowest BCUT2D eigenvalue weighted by atomic mass is 10.2. The second-order valence-corrected chi connectivity index (χ2v) is 5.75. The number of aliphatic hydroxyl groups excluding tert-OH is 1. The predicted molar refractivity (Wildman–Crippen MR) is 104 cm³/mol. The van der Waals surface area contributed by atoms with Gasteiger partial charge in [0.05, 0.1) is 18.1 Å². The summed E-state index contributed by atoms with van der Waals surface area (Å²) in [6.45, 7) is -0.439. The highest BCUT2D eigenvalue weighted by Gasteiger charge is 2.14. The summed E-state index contributed by atoms with van der Waals surface area (Å²) in [6.07, 6.45) is 2.81. The van der Waals surface area contributed by atoms with Gasteiger partial charge in [0, 0.05) is 6.08 Å². The van der Waals surface area contributed by atoms with Crippen LogP contribution in [0.4, 0.5) is 0 Å². The molecule has 28 heavy (non-hydrogen) atoms. The van der Waals surface area contributed by atoms with E-state index in [0.717, 1.165) is 11.1 Å². The number of allylic oxidation sites excluding steroid dienone is 1. The van der Waals surface area contributed by atoms with E-state index in [4.69, 9.17) is 9.47 Å². The van der Waals surface area contributed by atoms with Crippen LogP contribution in [0.1, 0.15) is 11.4 Å². The van der Waals surface area contributed by atoms with E-state index >= 15 is 0 Å². The van der Waals surface area contributed by atoms with Crippen LogP contribution in [0, 0.1) is 11.3 Å². The van der Waals surface area contributed by atoms with Gasteiger partial charge in [0.15, 0.2) is 11.6 Å². The molecule has 7 heteroatoms. The van der Waals surface area contributed by atoms with Gasteiger partial charge in [0.1, 0.15) is 24.0 Å². The minimum atomic E-state index is -0.649. The first-order valence-corrected chi connectivity index (χ1v) is 8.37. The number of benzene rings is 2. The fourth-order valence-corrected chi connectivity index (χ4v) is 2.46. The number of nitrogens with one attached hydrogen (secondary N) is 1. The van der Waals surface area contributed by atoms with Gasteiger partial charge in [-0.3, -0.25) is 0 Å². The highest BCUT2D eigenvalue weighted by atomic mass is 16.5. The second-order valence-electron chi connectivity index (χ2n) is 5.75. The number of hydrogen-bond donors (Lipinski definition) is 2. The van der Waals surface area contributed by atoms with Crippen LogP contribution in [0.2, 0.25) is 0 Å². The van der Waals surface area contributed by atoms with Gasteiger partial charge in [-0.05, 0) is 35.9 Å². The molecule has 0 spiro atoms. The number of H-pyrrole nitrogens is 1. The third kappa shape index (κ3) is 4.37. The average Bonchev–Trinajstić information content (AvgIpc) is 3.15. The number of imidazole rings is 1. The molecule has 0 atom stereocenters. The lowest BCUT2D eigenvalue weighted by Crippen LogP contribution is -2.06. The smallest absolute Gasteiger partial charge is 0.331 e. The number of carbonyl (C=O) groups is 1. The Labute approximate surface area is 161 Å². The molecule has 0 fully saturated rings. The number of fused-ring (bicyclic) bond motifs is 1. The first-order chi connectivity index (χ1) is 13.6. The maximum atomic E-state index is 11.9. The van der Waals surface area contributed by atoms with Crippen molar-refractivity contribution in [3.05, 3.63) is 71.8 Å². The molecule has 0 radical (unpaired) electrons. The summed E-state index contributed by atoms with van der Waals surface area (Å²) in [7, 11) is 1.57. The van der Waals surface area contributed by atoms with Gasteiger partial charge in [-0.1, -0.05) is 24.3 Å². The lowest BCUT2D eigenvalue weighted by Gasteiger charge is -2.03. The molecule has 2 N–H and O–H groups in total. The van der Waals surface area contributed by atoms with E-state index in [1.807, 2.05) is 24.3 Å². The number of nitriles is 1. The van der Waals surface area contributed by atoms with Crippen molar-refractivity contribution in [2.75, 3.05) is 13.7 Å². The number of hydrogen-bond acceptors (Lipinski definition) is 6. The molecule has 140 valence electrons. The first kappa shape index (κ1) is 18.7. The van der Waals surface area contributed by atoms with Crippen LogP contribution in [-0.2, 0) is 9.53 Å². The number of rotatable bonds is 6. The molecule has 1 aromatic heterocycles. The molecule has 0 amide bonds. The van der Waals surface area contributed by atoms with Crippen molar-refractivity contribution in [2.24, 2.45) is 0 Å². The van der Waals surface area contributed by atoms with E-state index in [2.05, 4.69) is 9.97 Å². The Balaban J connectivity index is 1.66. The molecule has 1 heterocycles. The minimum Gasteiger partial charge on any atom is -0.507 e. The van der Waals surface area contributed by atoms with E-state index in [9.17, 15) is 15.2 Å². The zero-order valence-corrected chi connectivity index (χ0v) is 15.0. The number of para-hydroxylation sites is 2.